The third-order valence-electron chi connectivity index (χ3n) is 1.90. The van der Waals surface area contributed by atoms with Gasteiger partial charge in [-0.15, -0.1) is 11.3 Å². The van der Waals surface area contributed by atoms with Crippen LogP contribution >= 0.6 is 11.3 Å². The van der Waals surface area contributed by atoms with Gasteiger partial charge in [0.2, 0.25) is 0 Å². The minimum Gasteiger partial charge on any atom is -0.347 e. The molecule has 0 saturated heterocycles. The van der Waals surface area contributed by atoms with Crippen molar-refractivity contribution in [2.24, 2.45) is 7.05 Å². The molecule has 0 atom stereocenters. The highest BCUT2D eigenvalue weighted by Gasteiger charge is 2.00. The maximum absolute atomic E-state index is 2.22. The van der Waals surface area contributed by atoms with Crippen molar-refractivity contribution >= 4 is 21.6 Å². The van der Waals surface area contributed by atoms with E-state index in [4.69, 9.17) is 0 Å². The van der Waals surface area contributed by atoms with Gasteiger partial charge in [-0.2, -0.15) is 0 Å². The summed E-state index contributed by atoms with van der Waals surface area (Å²) in [7, 11) is 2.10. The molecule has 0 N–H and O–H groups in total. The first kappa shape index (κ1) is 5.98. The number of rotatable bonds is 0. The van der Waals surface area contributed by atoms with Crippen molar-refractivity contribution in [1.82, 2.24) is 4.57 Å². The van der Waals surface area contributed by atoms with E-state index >= 15 is 0 Å². The molecule has 0 aliphatic carbocycles. The van der Waals surface area contributed by atoms with E-state index in [0.29, 0.717) is 0 Å². The van der Waals surface area contributed by atoms with Crippen molar-refractivity contribution in [3.05, 3.63) is 23.2 Å². The molecule has 0 unspecified atom stereocenters. The molecule has 0 aliphatic heterocycles. The summed E-state index contributed by atoms with van der Waals surface area (Å²) in [4.78, 5) is 0. The van der Waals surface area contributed by atoms with Crippen LogP contribution in [0.5, 0.6) is 0 Å². The van der Waals surface area contributed by atoms with Gasteiger partial charge in [-0.05, 0) is 24.4 Å². The van der Waals surface area contributed by atoms with E-state index in [9.17, 15) is 0 Å². The summed E-state index contributed by atoms with van der Waals surface area (Å²) in [6.45, 7) is 2.13. The fraction of sp³-hybridized carbons (Fsp3) is 0.250. The average molecular weight is 151 g/mol. The van der Waals surface area contributed by atoms with Crippen molar-refractivity contribution in [3.63, 3.8) is 0 Å². The van der Waals surface area contributed by atoms with Crippen LogP contribution in [0.15, 0.2) is 17.5 Å². The van der Waals surface area contributed by atoms with Gasteiger partial charge in [0.1, 0.15) is 0 Å². The molecule has 2 heterocycles. The fourth-order valence-electron chi connectivity index (χ4n) is 1.18. The zero-order chi connectivity index (χ0) is 7.14. The minimum absolute atomic E-state index is 1.34. The first-order chi connectivity index (χ1) is 4.79. The Morgan fingerprint density at radius 2 is 2.30 bits per heavy atom. The number of aryl methyl sites for hydroxylation is 2. The van der Waals surface area contributed by atoms with E-state index in [0.717, 1.165) is 0 Å². The average Bonchev–Trinajstić information content (AvgIpc) is 2.41. The summed E-state index contributed by atoms with van der Waals surface area (Å²) >= 11 is 1.80. The Hall–Kier alpha value is -0.760. The maximum Gasteiger partial charge on any atom is 0.0589 e. The van der Waals surface area contributed by atoms with Crippen LogP contribution in [0.3, 0.4) is 0 Å². The lowest BCUT2D eigenvalue weighted by Gasteiger charge is -1.93. The topological polar surface area (TPSA) is 4.93 Å². The molecule has 2 heteroatoms. The zero-order valence-corrected chi connectivity index (χ0v) is 6.90. The molecule has 10 heavy (non-hydrogen) atoms. The Kier molecular flexibility index (Phi) is 1.11. The van der Waals surface area contributed by atoms with E-state index in [1.165, 1.54) is 15.9 Å². The van der Waals surface area contributed by atoms with Crippen LogP contribution in [0.4, 0.5) is 0 Å². The van der Waals surface area contributed by atoms with E-state index in [1.54, 1.807) is 11.3 Å². The predicted molar refractivity (Wildman–Crippen MR) is 45.5 cm³/mol. The molecule has 2 aromatic rings. The molecular weight excluding hydrogens is 142 g/mol. The predicted octanol–water partition coefficient (Wildman–Crippen LogP) is 2.55. The normalized spacial score (nSPS) is 11.0. The van der Waals surface area contributed by atoms with E-state index in [1.807, 2.05) is 0 Å². The Morgan fingerprint density at radius 1 is 1.50 bits per heavy atom. The molecule has 0 aliphatic rings. The summed E-state index contributed by atoms with van der Waals surface area (Å²) in [6.07, 6.45) is 0. The Balaban J connectivity index is 2.95. The molecule has 0 aromatic carbocycles. The van der Waals surface area contributed by atoms with Crippen LogP contribution in [-0.4, -0.2) is 4.57 Å². The molecule has 2 rings (SSSR count). The van der Waals surface area contributed by atoms with Gasteiger partial charge in [-0.3, -0.25) is 0 Å². The number of hydrogen-bond donors (Lipinski definition) is 0. The van der Waals surface area contributed by atoms with E-state index in [2.05, 4.69) is 36.1 Å². The molecule has 0 spiro atoms. The number of thiophene rings is 1. The quantitative estimate of drug-likeness (QED) is 0.545. The second kappa shape index (κ2) is 1.86. The SMILES string of the molecule is Cc1cc2sccc2n1C. The highest BCUT2D eigenvalue weighted by molar-refractivity contribution is 7.17. The number of nitrogens with zero attached hydrogens (tertiary/aromatic N) is 1. The zero-order valence-electron chi connectivity index (χ0n) is 6.09. The largest absolute Gasteiger partial charge is 0.347 e. The molecule has 0 bridgehead atoms. The van der Waals surface area contributed by atoms with Crippen molar-refractivity contribution in [2.45, 2.75) is 6.92 Å². The molecule has 2 aromatic heterocycles. The Labute approximate surface area is 63.9 Å². The molecule has 0 saturated carbocycles. The lowest BCUT2D eigenvalue weighted by atomic mass is 10.5. The second-order valence-electron chi connectivity index (χ2n) is 2.51. The minimum atomic E-state index is 1.34. The lowest BCUT2D eigenvalue weighted by molar-refractivity contribution is 0.919. The maximum atomic E-state index is 2.22. The van der Waals surface area contributed by atoms with Crippen molar-refractivity contribution in [1.29, 1.82) is 0 Å². The van der Waals surface area contributed by atoms with Gasteiger partial charge >= 0.3 is 0 Å². The van der Waals surface area contributed by atoms with Crippen LogP contribution in [0, 0.1) is 6.92 Å². The lowest BCUT2D eigenvalue weighted by Crippen LogP contribution is -1.87. The highest BCUT2D eigenvalue weighted by atomic mass is 32.1. The van der Waals surface area contributed by atoms with Crippen LogP contribution in [-0.2, 0) is 7.05 Å². The molecule has 52 valence electrons. The highest BCUT2D eigenvalue weighted by Crippen LogP contribution is 2.23. The van der Waals surface area contributed by atoms with Gasteiger partial charge in [0.15, 0.2) is 0 Å². The van der Waals surface area contributed by atoms with E-state index < -0.39 is 0 Å². The number of fused-ring (bicyclic) bond motifs is 1. The third kappa shape index (κ3) is 0.625. The van der Waals surface area contributed by atoms with E-state index in [-0.39, 0.29) is 0 Å². The summed E-state index contributed by atoms with van der Waals surface area (Å²) in [5.41, 5.74) is 2.68. The summed E-state index contributed by atoms with van der Waals surface area (Å²) in [5, 5.41) is 2.13. The second-order valence-corrected chi connectivity index (χ2v) is 3.46. The molecule has 0 amide bonds. The van der Waals surface area contributed by atoms with Gasteiger partial charge in [0, 0.05) is 12.7 Å². The summed E-state index contributed by atoms with van der Waals surface area (Å²) in [6, 6.07) is 4.38. The fourth-order valence-corrected chi connectivity index (χ4v) is 2.08. The van der Waals surface area contributed by atoms with Gasteiger partial charge < -0.3 is 4.57 Å². The van der Waals surface area contributed by atoms with Gasteiger partial charge in [-0.25, -0.2) is 0 Å². The first-order valence-electron chi connectivity index (χ1n) is 3.28. The standard InChI is InChI=1S/C8H9NS/c1-6-5-8-7(9(6)2)3-4-10-8/h3-5H,1-2H3. The van der Waals surface area contributed by atoms with Crippen LogP contribution < -0.4 is 0 Å². The summed E-state index contributed by atoms with van der Waals surface area (Å²) < 4.78 is 3.60. The van der Waals surface area contributed by atoms with Crippen LogP contribution in [0.1, 0.15) is 5.69 Å². The Bertz CT molecular complexity index is 356. The smallest absolute Gasteiger partial charge is 0.0589 e. The third-order valence-corrected chi connectivity index (χ3v) is 2.76. The van der Waals surface area contributed by atoms with Crippen molar-refractivity contribution in [3.8, 4) is 0 Å². The number of aromatic nitrogens is 1. The van der Waals surface area contributed by atoms with Gasteiger partial charge in [-0.1, -0.05) is 0 Å². The van der Waals surface area contributed by atoms with Gasteiger partial charge in [0.05, 0.1) is 10.2 Å². The van der Waals surface area contributed by atoms with Crippen molar-refractivity contribution in [2.75, 3.05) is 0 Å². The van der Waals surface area contributed by atoms with Gasteiger partial charge in [0.25, 0.3) is 0 Å². The van der Waals surface area contributed by atoms with Crippen molar-refractivity contribution < 1.29 is 0 Å². The van der Waals surface area contributed by atoms with Crippen LogP contribution in [0.2, 0.25) is 0 Å². The first-order valence-corrected chi connectivity index (χ1v) is 4.16. The number of hydrogen-bond acceptors (Lipinski definition) is 1. The monoisotopic (exact) mass is 151 g/mol. The molecular formula is C8H9NS. The molecule has 1 nitrogen and oxygen atoms in total. The molecule has 0 fully saturated rings. The summed E-state index contributed by atoms with van der Waals surface area (Å²) in [5.74, 6) is 0. The Morgan fingerprint density at radius 3 is 3.00 bits per heavy atom. The van der Waals surface area contributed by atoms with Crippen LogP contribution in [0.25, 0.3) is 10.2 Å². The molecule has 0 radical (unpaired) electrons.